The largest absolute Gasteiger partial charge is 0.464 e. The molecule has 0 heterocycles. The van der Waals surface area contributed by atoms with Crippen LogP contribution in [0.2, 0.25) is 0 Å². The molecule has 0 saturated carbocycles. The predicted molar refractivity (Wildman–Crippen MR) is 46.9 cm³/mol. The van der Waals surface area contributed by atoms with Crippen molar-refractivity contribution in [2.45, 2.75) is 13.8 Å². The maximum Gasteiger partial charge on any atom is 0.228 e. The van der Waals surface area contributed by atoms with Crippen molar-refractivity contribution in [1.29, 1.82) is 0 Å². The zero-order valence-electron chi connectivity index (χ0n) is 7.14. The first-order chi connectivity index (χ1) is 5.31. The Morgan fingerprint density at radius 3 is 2.45 bits per heavy atom. The van der Waals surface area contributed by atoms with Crippen LogP contribution < -0.4 is 0 Å². The van der Waals surface area contributed by atoms with E-state index < -0.39 is 6.86 Å². The summed E-state index contributed by atoms with van der Waals surface area (Å²) in [6.45, 7) is 9.97. The molecule has 0 aliphatic heterocycles. The molecule has 0 aromatic carbocycles. The molecule has 11 heavy (non-hydrogen) atoms. The smallest absolute Gasteiger partial charge is 0.228 e. The van der Waals surface area contributed by atoms with Gasteiger partial charge in [-0.15, -0.1) is 0 Å². The third-order valence-corrected chi connectivity index (χ3v) is 0.658. The van der Waals surface area contributed by atoms with Crippen LogP contribution in [0.1, 0.15) is 13.8 Å². The average Bonchev–Trinajstić information content (AvgIpc) is 2.05. The number of hydrogen-bond donors (Lipinski definition) is 0. The summed E-state index contributed by atoms with van der Waals surface area (Å²) >= 11 is 0. The number of rotatable bonds is 4. The van der Waals surface area contributed by atoms with Crippen LogP contribution in [0.25, 0.3) is 0 Å². The Hall–Kier alpha value is -1.05. The molecule has 0 atom stereocenters. The van der Waals surface area contributed by atoms with E-state index in [4.69, 9.17) is 0 Å². The molecule has 0 aromatic rings. The zero-order chi connectivity index (χ0) is 9.11. The van der Waals surface area contributed by atoms with Crippen molar-refractivity contribution >= 4 is 0 Å². The molecule has 0 fully saturated rings. The zero-order valence-corrected chi connectivity index (χ0v) is 7.14. The second-order valence-corrected chi connectivity index (χ2v) is 1.31. The van der Waals surface area contributed by atoms with E-state index in [1.807, 2.05) is 13.8 Å². The molecule has 64 valence electrons. The van der Waals surface area contributed by atoms with Crippen molar-refractivity contribution in [3.05, 3.63) is 37.1 Å². The van der Waals surface area contributed by atoms with Crippen LogP contribution in [0.15, 0.2) is 37.1 Å². The first-order valence-electron chi connectivity index (χ1n) is 3.48. The highest BCUT2D eigenvalue weighted by Crippen LogP contribution is 1.94. The molecule has 0 rings (SSSR count). The molecule has 1 nitrogen and oxygen atoms in total. The van der Waals surface area contributed by atoms with E-state index in [9.17, 15) is 4.39 Å². The van der Waals surface area contributed by atoms with Crippen molar-refractivity contribution in [2.24, 2.45) is 0 Å². The number of ether oxygens (including phenoxy) is 1. The summed E-state index contributed by atoms with van der Waals surface area (Å²) in [4.78, 5) is 0. The fraction of sp³-hybridized carbons (Fsp3) is 0.333. The summed E-state index contributed by atoms with van der Waals surface area (Å²) in [5, 5.41) is 0. The van der Waals surface area contributed by atoms with E-state index in [2.05, 4.69) is 17.9 Å². The molecule has 0 aromatic heterocycles. The molecular formula is C9H15FO. The van der Waals surface area contributed by atoms with Crippen molar-refractivity contribution in [2.75, 3.05) is 6.86 Å². The normalized spacial score (nSPS) is 8.27. The molecule has 0 amide bonds. The molecule has 0 aliphatic rings. The van der Waals surface area contributed by atoms with E-state index in [1.165, 1.54) is 6.08 Å². The van der Waals surface area contributed by atoms with Crippen LogP contribution in [0.4, 0.5) is 4.39 Å². The predicted octanol–water partition coefficient (Wildman–Crippen LogP) is 3.21. The quantitative estimate of drug-likeness (QED) is 0.451. The van der Waals surface area contributed by atoms with Gasteiger partial charge in [-0.05, 0) is 6.08 Å². The standard InChI is InChI=1S/C7H9FO.C2H6/c1-3-4-5-7(2)9-6-8;1-2/h3-5H,1-2,6H2;1-2H3/b5-4-;. The van der Waals surface area contributed by atoms with Crippen LogP contribution in [0.3, 0.4) is 0 Å². The van der Waals surface area contributed by atoms with Gasteiger partial charge in [0.2, 0.25) is 6.86 Å². The minimum Gasteiger partial charge on any atom is -0.464 e. The molecule has 0 spiro atoms. The maximum atomic E-state index is 11.3. The van der Waals surface area contributed by atoms with Gasteiger partial charge in [-0.3, -0.25) is 0 Å². The summed E-state index contributed by atoms with van der Waals surface area (Å²) in [6.07, 6.45) is 4.72. The monoisotopic (exact) mass is 158 g/mol. The Balaban J connectivity index is 0. The van der Waals surface area contributed by atoms with Crippen molar-refractivity contribution in [1.82, 2.24) is 0 Å². The average molecular weight is 158 g/mol. The van der Waals surface area contributed by atoms with Crippen molar-refractivity contribution in [3.63, 3.8) is 0 Å². The highest BCUT2D eigenvalue weighted by atomic mass is 19.1. The lowest BCUT2D eigenvalue weighted by molar-refractivity contribution is 0.125. The molecule has 0 unspecified atom stereocenters. The summed E-state index contributed by atoms with van der Waals surface area (Å²) in [5.74, 6) is 0.303. The van der Waals surface area contributed by atoms with Gasteiger partial charge in [0.25, 0.3) is 0 Å². The van der Waals surface area contributed by atoms with Gasteiger partial charge in [0, 0.05) is 0 Å². The molecule has 0 N–H and O–H groups in total. The van der Waals surface area contributed by atoms with E-state index in [-0.39, 0.29) is 0 Å². The summed E-state index contributed by atoms with van der Waals surface area (Å²) < 4.78 is 15.7. The van der Waals surface area contributed by atoms with Crippen molar-refractivity contribution < 1.29 is 9.13 Å². The van der Waals surface area contributed by atoms with Crippen LogP contribution in [-0.2, 0) is 4.74 Å². The molecule has 0 radical (unpaired) electrons. The van der Waals surface area contributed by atoms with E-state index in [1.54, 1.807) is 12.2 Å². The fourth-order valence-electron chi connectivity index (χ4n) is 0.294. The number of alkyl halides is 1. The summed E-state index contributed by atoms with van der Waals surface area (Å²) in [5.41, 5.74) is 0. The van der Waals surface area contributed by atoms with E-state index in [0.717, 1.165) is 0 Å². The molecule has 0 saturated heterocycles. The minimum absolute atomic E-state index is 0.303. The SMILES string of the molecule is C=C/C=C\C(=C)OCF.CC. The van der Waals surface area contributed by atoms with E-state index >= 15 is 0 Å². The summed E-state index contributed by atoms with van der Waals surface area (Å²) in [7, 11) is 0. The van der Waals surface area contributed by atoms with E-state index in [0.29, 0.717) is 5.76 Å². The van der Waals surface area contributed by atoms with Crippen LogP contribution >= 0.6 is 0 Å². The third-order valence-electron chi connectivity index (χ3n) is 0.658. The van der Waals surface area contributed by atoms with Crippen LogP contribution in [0.5, 0.6) is 0 Å². The van der Waals surface area contributed by atoms with Crippen LogP contribution in [-0.4, -0.2) is 6.86 Å². The molecular weight excluding hydrogens is 143 g/mol. The van der Waals surface area contributed by atoms with Crippen LogP contribution in [0, 0.1) is 0 Å². The lowest BCUT2D eigenvalue weighted by Gasteiger charge is -1.95. The Morgan fingerprint density at radius 2 is 2.09 bits per heavy atom. The third kappa shape index (κ3) is 12.2. The molecule has 0 aliphatic carbocycles. The van der Waals surface area contributed by atoms with Gasteiger partial charge in [0.1, 0.15) is 5.76 Å². The topological polar surface area (TPSA) is 9.23 Å². The van der Waals surface area contributed by atoms with Crippen molar-refractivity contribution in [3.8, 4) is 0 Å². The molecule has 0 bridgehead atoms. The number of hydrogen-bond acceptors (Lipinski definition) is 1. The minimum atomic E-state index is -0.833. The Labute approximate surface area is 67.9 Å². The molecule has 2 heteroatoms. The first-order valence-corrected chi connectivity index (χ1v) is 3.48. The lowest BCUT2D eigenvalue weighted by Crippen LogP contribution is -1.82. The first kappa shape index (κ1) is 12.6. The summed E-state index contributed by atoms with van der Waals surface area (Å²) in [6, 6.07) is 0. The fourth-order valence-corrected chi connectivity index (χ4v) is 0.294. The van der Waals surface area contributed by atoms with Gasteiger partial charge in [0.15, 0.2) is 0 Å². The van der Waals surface area contributed by atoms with Gasteiger partial charge in [-0.25, -0.2) is 4.39 Å². The lowest BCUT2D eigenvalue weighted by atomic mass is 10.4. The Bertz CT molecular complexity index is 128. The van der Waals surface area contributed by atoms with Gasteiger partial charge in [0.05, 0.1) is 0 Å². The second-order valence-electron chi connectivity index (χ2n) is 1.31. The van der Waals surface area contributed by atoms with Gasteiger partial charge >= 0.3 is 0 Å². The Kier molecular flexibility index (Phi) is 13.4. The number of allylic oxidation sites excluding steroid dienone is 3. The maximum absolute atomic E-state index is 11.3. The van der Waals surface area contributed by atoms with Gasteiger partial charge < -0.3 is 4.74 Å². The highest BCUT2D eigenvalue weighted by Gasteiger charge is 1.82. The second kappa shape index (κ2) is 11.7. The van der Waals surface area contributed by atoms with Gasteiger partial charge in [-0.2, -0.15) is 0 Å². The van der Waals surface area contributed by atoms with Gasteiger partial charge in [-0.1, -0.05) is 39.2 Å². The Morgan fingerprint density at radius 1 is 1.55 bits per heavy atom. The highest BCUT2D eigenvalue weighted by molar-refractivity contribution is 5.12. The number of halogens is 1.